The van der Waals surface area contributed by atoms with Crippen LogP contribution in [0.3, 0.4) is 0 Å². The second-order valence-electron chi connectivity index (χ2n) is 7.85. The standard InChI is InChI=1S/C26H19ClN2O5/c1-33-19-7-4-15(5-8-19)14-29-23(16-3-2-10-28-13-16)22(25(31)26(29)32)24(30)21-12-17-11-18(27)6-9-20(17)34-21/h2-13,23,31H,14H2,1H3. The first-order valence-electron chi connectivity index (χ1n) is 10.5. The molecule has 1 aliphatic rings. The second-order valence-corrected chi connectivity index (χ2v) is 8.29. The number of hydrogen-bond acceptors (Lipinski definition) is 6. The molecule has 0 spiro atoms. The van der Waals surface area contributed by atoms with Crippen LogP contribution in [-0.2, 0) is 11.3 Å². The summed E-state index contributed by atoms with van der Waals surface area (Å²) in [7, 11) is 1.57. The molecule has 0 aliphatic carbocycles. The number of aromatic nitrogens is 1. The molecule has 1 atom stereocenters. The third kappa shape index (κ3) is 3.80. The number of carbonyl (C=O) groups is 2. The molecule has 1 unspecified atom stereocenters. The Hall–Kier alpha value is -4.10. The summed E-state index contributed by atoms with van der Waals surface area (Å²) >= 11 is 6.05. The number of fused-ring (bicyclic) bond motifs is 1. The lowest BCUT2D eigenvalue weighted by molar-refractivity contribution is -0.130. The lowest BCUT2D eigenvalue weighted by Gasteiger charge is -2.26. The number of Topliss-reactive ketones (excluding diaryl/α,β-unsaturated/α-hetero) is 1. The average molecular weight is 475 g/mol. The lowest BCUT2D eigenvalue weighted by Crippen LogP contribution is -2.30. The molecule has 1 N–H and O–H groups in total. The van der Waals surface area contributed by atoms with E-state index in [1.165, 1.54) is 4.90 Å². The van der Waals surface area contributed by atoms with Gasteiger partial charge in [0, 0.05) is 29.3 Å². The van der Waals surface area contributed by atoms with E-state index in [1.54, 1.807) is 68.0 Å². The zero-order chi connectivity index (χ0) is 23.8. The van der Waals surface area contributed by atoms with Crippen LogP contribution in [0.1, 0.15) is 27.7 Å². The molecule has 0 saturated carbocycles. The van der Waals surface area contributed by atoms with Gasteiger partial charge in [-0.05, 0) is 53.6 Å². The topological polar surface area (TPSA) is 92.9 Å². The van der Waals surface area contributed by atoms with Gasteiger partial charge in [-0.25, -0.2) is 0 Å². The van der Waals surface area contributed by atoms with Gasteiger partial charge in [0.2, 0.25) is 5.78 Å². The molecular formula is C26H19ClN2O5. The number of methoxy groups -OCH3 is 1. The van der Waals surface area contributed by atoms with Crippen molar-refractivity contribution >= 4 is 34.3 Å². The predicted octanol–water partition coefficient (Wildman–Crippen LogP) is 5.27. The van der Waals surface area contributed by atoms with Gasteiger partial charge in [0.25, 0.3) is 5.91 Å². The fraction of sp³-hybridized carbons (Fsp3) is 0.115. The third-order valence-electron chi connectivity index (χ3n) is 5.76. The van der Waals surface area contributed by atoms with E-state index in [1.807, 2.05) is 12.1 Å². The lowest BCUT2D eigenvalue weighted by atomic mass is 9.96. The summed E-state index contributed by atoms with van der Waals surface area (Å²) in [5.74, 6) is -1.14. The molecule has 0 saturated heterocycles. The number of rotatable bonds is 6. The quantitative estimate of drug-likeness (QED) is 0.383. The van der Waals surface area contributed by atoms with Gasteiger partial charge in [0.05, 0.1) is 18.7 Å². The first-order valence-corrected chi connectivity index (χ1v) is 10.8. The zero-order valence-electron chi connectivity index (χ0n) is 18.1. The molecule has 8 heteroatoms. The molecule has 1 aliphatic heterocycles. The minimum atomic E-state index is -0.840. The van der Waals surface area contributed by atoms with E-state index in [0.29, 0.717) is 27.3 Å². The van der Waals surface area contributed by atoms with Crippen molar-refractivity contribution in [2.75, 3.05) is 7.11 Å². The Labute approximate surface area is 199 Å². The summed E-state index contributed by atoms with van der Waals surface area (Å²) in [4.78, 5) is 32.3. The van der Waals surface area contributed by atoms with Gasteiger partial charge >= 0.3 is 0 Å². The number of hydrogen-bond donors (Lipinski definition) is 1. The van der Waals surface area contributed by atoms with Crippen LogP contribution in [0.15, 0.2) is 88.8 Å². The van der Waals surface area contributed by atoms with Crippen LogP contribution in [0.2, 0.25) is 5.02 Å². The summed E-state index contributed by atoms with van der Waals surface area (Å²) in [5, 5.41) is 12.0. The van der Waals surface area contributed by atoms with Crippen molar-refractivity contribution in [2.45, 2.75) is 12.6 Å². The summed E-state index contributed by atoms with van der Waals surface area (Å²) in [6.45, 7) is 0.166. The fourth-order valence-electron chi connectivity index (χ4n) is 4.12. The van der Waals surface area contributed by atoms with Crippen LogP contribution in [0.25, 0.3) is 11.0 Å². The molecule has 170 valence electrons. The Kier molecular flexibility index (Phi) is 5.55. The van der Waals surface area contributed by atoms with E-state index in [-0.39, 0.29) is 17.9 Å². The number of amides is 1. The van der Waals surface area contributed by atoms with E-state index in [2.05, 4.69) is 4.98 Å². The number of benzene rings is 2. The van der Waals surface area contributed by atoms with Gasteiger partial charge in [-0.3, -0.25) is 14.6 Å². The van der Waals surface area contributed by atoms with Crippen molar-refractivity contribution in [1.29, 1.82) is 0 Å². The maximum Gasteiger partial charge on any atom is 0.290 e. The van der Waals surface area contributed by atoms with E-state index in [0.717, 1.165) is 5.56 Å². The maximum atomic E-state index is 13.6. The highest BCUT2D eigenvalue weighted by Crippen LogP contribution is 2.40. The fourth-order valence-corrected chi connectivity index (χ4v) is 4.30. The Balaban J connectivity index is 1.56. The van der Waals surface area contributed by atoms with Gasteiger partial charge < -0.3 is 19.2 Å². The predicted molar refractivity (Wildman–Crippen MR) is 126 cm³/mol. The Morgan fingerprint density at radius 1 is 1.18 bits per heavy atom. The number of furan rings is 1. The molecule has 2 aromatic heterocycles. The van der Waals surface area contributed by atoms with E-state index in [9.17, 15) is 14.7 Å². The van der Waals surface area contributed by atoms with Crippen molar-refractivity contribution in [3.8, 4) is 5.75 Å². The van der Waals surface area contributed by atoms with Crippen molar-refractivity contribution in [3.63, 3.8) is 0 Å². The molecule has 3 heterocycles. The number of carbonyl (C=O) groups excluding carboxylic acids is 2. The number of nitrogens with zero attached hydrogens (tertiary/aromatic N) is 2. The molecule has 34 heavy (non-hydrogen) atoms. The van der Waals surface area contributed by atoms with Gasteiger partial charge in [-0.2, -0.15) is 0 Å². The first kappa shape index (κ1) is 21.7. The highest BCUT2D eigenvalue weighted by atomic mass is 35.5. The minimum absolute atomic E-state index is 0.00630. The number of aliphatic hydroxyl groups is 1. The summed E-state index contributed by atoms with van der Waals surface area (Å²) < 4.78 is 10.9. The second kappa shape index (κ2) is 8.68. The van der Waals surface area contributed by atoms with Gasteiger partial charge in [0.1, 0.15) is 11.3 Å². The molecule has 5 rings (SSSR count). The van der Waals surface area contributed by atoms with Crippen LogP contribution in [0.4, 0.5) is 0 Å². The molecule has 0 fully saturated rings. The number of ketones is 1. The minimum Gasteiger partial charge on any atom is -0.503 e. The van der Waals surface area contributed by atoms with Crippen LogP contribution in [-0.4, -0.2) is 33.8 Å². The highest BCUT2D eigenvalue weighted by molar-refractivity contribution is 6.31. The number of aliphatic hydroxyl groups excluding tert-OH is 1. The number of ether oxygens (including phenoxy) is 1. The van der Waals surface area contributed by atoms with Gasteiger partial charge in [-0.15, -0.1) is 0 Å². The molecule has 2 aromatic carbocycles. The number of pyridine rings is 1. The van der Waals surface area contributed by atoms with Crippen LogP contribution in [0, 0.1) is 0 Å². The molecule has 1 amide bonds. The third-order valence-corrected chi connectivity index (χ3v) is 6.00. The Morgan fingerprint density at radius 3 is 2.68 bits per heavy atom. The van der Waals surface area contributed by atoms with Crippen molar-refractivity contribution in [1.82, 2.24) is 9.88 Å². The smallest absolute Gasteiger partial charge is 0.290 e. The molecular weight excluding hydrogens is 456 g/mol. The number of halogens is 1. The molecule has 0 bridgehead atoms. The summed E-state index contributed by atoms with van der Waals surface area (Å²) in [6, 6.07) is 16.4. The normalized spacial score (nSPS) is 15.9. The maximum absolute atomic E-state index is 13.6. The Bertz CT molecular complexity index is 1430. The largest absolute Gasteiger partial charge is 0.503 e. The van der Waals surface area contributed by atoms with Crippen LogP contribution in [0.5, 0.6) is 5.75 Å². The van der Waals surface area contributed by atoms with Crippen molar-refractivity contribution in [3.05, 3.63) is 106 Å². The summed E-state index contributed by atoms with van der Waals surface area (Å²) in [6.07, 6.45) is 3.17. The zero-order valence-corrected chi connectivity index (χ0v) is 18.8. The van der Waals surface area contributed by atoms with E-state index >= 15 is 0 Å². The summed E-state index contributed by atoms with van der Waals surface area (Å²) in [5.41, 5.74) is 1.82. The SMILES string of the molecule is COc1ccc(CN2C(=O)C(O)=C(C(=O)c3cc4cc(Cl)ccc4o3)C2c2cccnc2)cc1. The van der Waals surface area contributed by atoms with Gasteiger partial charge in [0.15, 0.2) is 11.5 Å². The Morgan fingerprint density at radius 2 is 1.97 bits per heavy atom. The van der Waals surface area contributed by atoms with Crippen molar-refractivity contribution in [2.24, 2.45) is 0 Å². The highest BCUT2D eigenvalue weighted by Gasteiger charge is 2.44. The van der Waals surface area contributed by atoms with Gasteiger partial charge in [-0.1, -0.05) is 29.8 Å². The first-order chi connectivity index (χ1) is 16.5. The van der Waals surface area contributed by atoms with Crippen molar-refractivity contribution < 1.29 is 23.8 Å². The molecule has 7 nitrogen and oxygen atoms in total. The van der Waals surface area contributed by atoms with E-state index in [4.69, 9.17) is 20.8 Å². The average Bonchev–Trinajstić information content (AvgIpc) is 3.39. The monoisotopic (exact) mass is 474 g/mol. The van der Waals surface area contributed by atoms with Crippen LogP contribution >= 0.6 is 11.6 Å². The molecule has 0 radical (unpaired) electrons. The van der Waals surface area contributed by atoms with E-state index < -0.39 is 23.5 Å². The molecule has 4 aromatic rings. The van der Waals surface area contributed by atoms with Crippen LogP contribution < -0.4 is 4.74 Å².